The highest BCUT2D eigenvalue weighted by Gasteiger charge is 2.33. The second kappa shape index (κ2) is 9.25. The number of hydrogen-bond acceptors (Lipinski definition) is 6. The Balaban J connectivity index is 1.77. The quantitative estimate of drug-likeness (QED) is 0.570. The van der Waals surface area contributed by atoms with Crippen LogP contribution in [0.25, 0.3) is 11.4 Å². The van der Waals surface area contributed by atoms with Crippen molar-refractivity contribution in [3.05, 3.63) is 65.8 Å². The number of anilines is 1. The Kier molecular flexibility index (Phi) is 6.69. The van der Waals surface area contributed by atoms with Crippen LogP contribution < -0.4 is 9.62 Å². The monoisotopic (exact) mass is 446 g/mol. The van der Waals surface area contributed by atoms with Crippen molar-refractivity contribution in [2.24, 2.45) is 0 Å². The van der Waals surface area contributed by atoms with Crippen LogP contribution in [0.3, 0.4) is 0 Å². The summed E-state index contributed by atoms with van der Waals surface area (Å²) in [6, 6.07) is 11.8. The van der Waals surface area contributed by atoms with Crippen LogP contribution in [0, 0.1) is 12.7 Å². The van der Waals surface area contributed by atoms with E-state index in [4.69, 9.17) is 4.52 Å². The Bertz CT molecular complexity index is 1180. The average molecular weight is 447 g/mol. The lowest BCUT2D eigenvalue weighted by Gasteiger charge is -2.30. The zero-order chi connectivity index (χ0) is 22.6. The number of hydrogen-bond donors (Lipinski definition) is 1. The van der Waals surface area contributed by atoms with Crippen molar-refractivity contribution in [3.8, 4) is 11.4 Å². The van der Waals surface area contributed by atoms with Gasteiger partial charge in [0.2, 0.25) is 27.6 Å². The second-order valence-electron chi connectivity index (χ2n) is 7.03. The first-order valence-corrected chi connectivity index (χ1v) is 11.5. The predicted octanol–water partition coefficient (Wildman–Crippen LogP) is 3.05. The fraction of sp³-hybridized carbons (Fsp3) is 0.286. The van der Waals surface area contributed by atoms with E-state index < -0.39 is 27.8 Å². The van der Waals surface area contributed by atoms with E-state index in [1.165, 1.54) is 18.2 Å². The number of carbonyl (C=O) groups excluding carboxylic acids is 1. The van der Waals surface area contributed by atoms with Crippen molar-refractivity contribution >= 4 is 21.6 Å². The molecule has 31 heavy (non-hydrogen) atoms. The van der Waals surface area contributed by atoms with Gasteiger partial charge in [-0.2, -0.15) is 4.98 Å². The number of aryl methyl sites for hydroxylation is 1. The van der Waals surface area contributed by atoms with Crippen LogP contribution in [0.15, 0.2) is 53.1 Å². The third-order valence-corrected chi connectivity index (χ3v) is 5.74. The van der Waals surface area contributed by atoms with Gasteiger partial charge in [-0.15, -0.1) is 0 Å². The summed E-state index contributed by atoms with van der Waals surface area (Å²) in [6.45, 7) is 3.49. The van der Waals surface area contributed by atoms with Crippen molar-refractivity contribution < 1.29 is 22.1 Å². The van der Waals surface area contributed by atoms with Crippen LogP contribution in [0.1, 0.15) is 24.8 Å². The third-order valence-electron chi connectivity index (χ3n) is 4.58. The van der Waals surface area contributed by atoms with E-state index >= 15 is 0 Å². The lowest BCUT2D eigenvalue weighted by molar-refractivity contribution is -0.122. The van der Waals surface area contributed by atoms with E-state index in [0.717, 1.165) is 27.8 Å². The molecule has 0 aliphatic carbocycles. The van der Waals surface area contributed by atoms with Crippen LogP contribution in [-0.2, 0) is 21.4 Å². The number of rotatable bonds is 8. The molecule has 3 rings (SSSR count). The molecule has 1 aromatic heterocycles. The smallest absolute Gasteiger partial charge is 0.246 e. The first-order chi connectivity index (χ1) is 14.7. The summed E-state index contributed by atoms with van der Waals surface area (Å²) in [5, 5.41) is 6.51. The second-order valence-corrected chi connectivity index (χ2v) is 8.89. The summed E-state index contributed by atoms with van der Waals surface area (Å²) >= 11 is 0. The van der Waals surface area contributed by atoms with Crippen LogP contribution in [0.4, 0.5) is 10.1 Å². The average Bonchev–Trinajstić information content (AvgIpc) is 3.19. The standard InChI is InChI=1S/C21H23FN4O4S/c1-4-17(26(31(3,28)29)18-11-6-5-10-16(18)22)21(27)23-13-19-24-20(25-30-19)15-9-7-8-14(2)12-15/h5-12,17H,4,13H2,1-3H3,(H,23,27)/t17-/m0/s1. The van der Waals surface area contributed by atoms with Crippen LogP contribution in [0.5, 0.6) is 0 Å². The summed E-state index contributed by atoms with van der Waals surface area (Å²) < 4.78 is 45.1. The number of amides is 1. The summed E-state index contributed by atoms with van der Waals surface area (Å²) in [4.78, 5) is 17.1. The van der Waals surface area contributed by atoms with Gasteiger partial charge in [0.05, 0.1) is 18.5 Å². The summed E-state index contributed by atoms with van der Waals surface area (Å²) in [7, 11) is -3.93. The van der Waals surface area contributed by atoms with Gasteiger partial charge in [0, 0.05) is 5.56 Å². The molecule has 0 saturated carbocycles. The molecule has 3 aromatic rings. The number of carbonyl (C=O) groups is 1. The zero-order valence-corrected chi connectivity index (χ0v) is 18.2. The molecule has 1 atom stereocenters. The lowest BCUT2D eigenvalue weighted by atomic mass is 10.1. The van der Waals surface area contributed by atoms with Crippen molar-refractivity contribution in [1.82, 2.24) is 15.5 Å². The topological polar surface area (TPSA) is 105 Å². The molecule has 1 N–H and O–H groups in total. The van der Waals surface area contributed by atoms with Crippen molar-refractivity contribution in [3.63, 3.8) is 0 Å². The summed E-state index contributed by atoms with van der Waals surface area (Å²) in [5.41, 5.74) is 1.62. The summed E-state index contributed by atoms with van der Waals surface area (Å²) in [6.07, 6.45) is 1.06. The molecule has 164 valence electrons. The van der Waals surface area contributed by atoms with Gasteiger partial charge in [-0.25, -0.2) is 12.8 Å². The molecule has 0 fully saturated rings. The molecule has 0 unspecified atom stereocenters. The maximum absolute atomic E-state index is 14.3. The fourth-order valence-corrected chi connectivity index (χ4v) is 4.39. The predicted molar refractivity (Wildman–Crippen MR) is 114 cm³/mol. The Morgan fingerprint density at radius 2 is 1.97 bits per heavy atom. The highest BCUT2D eigenvalue weighted by molar-refractivity contribution is 7.92. The maximum atomic E-state index is 14.3. The molecular formula is C21H23FN4O4S. The Labute approximate surface area is 180 Å². The number of aromatic nitrogens is 2. The van der Waals surface area contributed by atoms with Gasteiger partial charge in [0.1, 0.15) is 11.9 Å². The highest BCUT2D eigenvalue weighted by atomic mass is 32.2. The van der Waals surface area contributed by atoms with Crippen molar-refractivity contribution in [1.29, 1.82) is 0 Å². The minimum atomic E-state index is -3.93. The third kappa shape index (κ3) is 5.26. The lowest BCUT2D eigenvalue weighted by Crippen LogP contribution is -2.49. The van der Waals surface area contributed by atoms with Gasteiger partial charge < -0.3 is 9.84 Å². The maximum Gasteiger partial charge on any atom is 0.246 e. The molecule has 0 bridgehead atoms. The Hall–Kier alpha value is -3.27. The molecule has 10 heteroatoms. The summed E-state index contributed by atoms with van der Waals surface area (Å²) in [5.74, 6) is -0.800. The number of nitrogens with zero attached hydrogens (tertiary/aromatic N) is 3. The molecule has 1 amide bonds. The van der Waals surface area contributed by atoms with E-state index in [0.29, 0.717) is 5.82 Å². The molecular weight excluding hydrogens is 423 g/mol. The molecule has 2 aromatic carbocycles. The number of nitrogens with one attached hydrogen (secondary N) is 1. The van der Waals surface area contributed by atoms with Crippen LogP contribution in [0.2, 0.25) is 0 Å². The van der Waals surface area contributed by atoms with Gasteiger partial charge >= 0.3 is 0 Å². The van der Waals surface area contributed by atoms with Gasteiger partial charge in [0.25, 0.3) is 0 Å². The van der Waals surface area contributed by atoms with Gasteiger partial charge in [-0.05, 0) is 31.5 Å². The zero-order valence-electron chi connectivity index (χ0n) is 17.4. The minimum Gasteiger partial charge on any atom is -0.345 e. The molecule has 0 aliphatic rings. The van der Waals surface area contributed by atoms with E-state index in [-0.39, 0.29) is 24.5 Å². The van der Waals surface area contributed by atoms with Crippen molar-refractivity contribution in [2.75, 3.05) is 10.6 Å². The van der Waals surface area contributed by atoms with E-state index in [1.54, 1.807) is 6.92 Å². The Morgan fingerprint density at radius 1 is 1.23 bits per heavy atom. The number of benzene rings is 2. The molecule has 1 heterocycles. The van der Waals surface area contributed by atoms with Crippen LogP contribution >= 0.6 is 0 Å². The Morgan fingerprint density at radius 3 is 2.61 bits per heavy atom. The van der Waals surface area contributed by atoms with Gasteiger partial charge in [0.15, 0.2) is 0 Å². The van der Waals surface area contributed by atoms with E-state index in [1.807, 2.05) is 31.2 Å². The van der Waals surface area contributed by atoms with Crippen LogP contribution in [-0.4, -0.2) is 36.8 Å². The molecule has 0 radical (unpaired) electrons. The number of para-hydroxylation sites is 1. The normalized spacial score (nSPS) is 12.4. The first kappa shape index (κ1) is 22.4. The molecule has 8 nitrogen and oxygen atoms in total. The molecule has 0 spiro atoms. The molecule has 0 aliphatic heterocycles. The number of sulfonamides is 1. The van der Waals surface area contributed by atoms with Gasteiger partial charge in [-0.3, -0.25) is 9.10 Å². The largest absolute Gasteiger partial charge is 0.345 e. The highest BCUT2D eigenvalue weighted by Crippen LogP contribution is 2.25. The first-order valence-electron chi connectivity index (χ1n) is 9.62. The number of halogens is 1. The fourth-order valence-electron chi connectivity index (χ4n) is 3.17. The van der Waals surface area contributed by atoms with Gasteiger partial charge in [-0.1, -0.05) is 48.0 Å². The SMILES string of the molecule is CC[C@@H](C(=O)NCc1nc(-c2cccc(C)c2)no1)N(c1ccccc1F)S(C)(=O)=O. The minimum absolute atomic E-state index is 0.0942. The van der Waals surface area contributed by atoms with E-state index in [9.17, 15) is 17.6 Å². The molecule has 0 saturated heterocycles. The van der Waals surface area contributed by atoms with E-state index in [2.05, 4.69) is 15.5 Å². The van der Waals surface area contributed by atoms with Crippen molar-refractivity contribution in [2.45, 2.75) is 32.9 Å².